The van der Waals surface area contributed by atoms with Gasteiger partial charge in [0.2, 0.25) is 17.7 Å². The van der Waals surface area contributed by atoms with E-state index >= 15 is 0 Å². The van der Waals surface area contributed by atoms with E-state index in [1.807, 2.05) is 6.26 Å². The summed E-state index contributed by atoms with van der Waals surface area (Å²) in [6.07, 6.45) is 6.84. The second-order valence-corrected chi connectivity index (χ2v) is 9.01. The van der Waals surface area contributed by atoms with Gasteiger partial charge < -0.3 is 37.5 Å². The maximum absolute atomic E-state index is 12.9. The maximum Gasteiger partial charge on any atom is 0.326 e. The molecular weight excluding hydrogens is 482 g/mol. The maximum atomic E-state index is 12.9. The van der Waals surface area contributed by atoms with Crippen molar-refractivity contribution in [3.63, 3.8) is 0 Å². The molecule has 0 fully saturated rings. The van der Waals surface area contributed by atoms with Gasteiger partial charge in [-0.05, 0) is 37.8 Å². The Hall–Kier alpha value is -2.29. The molecule has 0 aliphatic carbocycles. The van der Waals surface area contributed by atoms with E-state index in [1.165, 1.54) is 24.3 Å². The topological polar surface area (TPSA) is 205 Å². The van der Waals surface area contributed by atoms with Crippen LogP contribution in [0.3, 0.4) is 0 Å². The molecule has 0 spiro atoms. The number of thiol groups is 1. The fraction of sp³-hybridized carbons (Fsp3) is 0.650. The number of aromatic nitrogens is 2. The first-order chi connectivity index (χ1) is 16.2. The third-order valence-corrected chi connectivity index (χ3v) is 5.97. The van der Waals surface area contributed by atoms with Crippen LogP contribution >= 0.6 is 24.4 Å². The Labute approximate surface area is 208 Å². The zero-order valence-electron chi connectivity index (χ0n) is 19.2. The summed E-state index contributed by atoms with van der Waals surface area (Å²) in [5, 5.41) is 17.0. The Kier molecular flexibility index (Phi) is 14.3. The third-order valence-electron chi connectivity index (χ3n) is 4.96. The number of carbonyl (C=O) groups excluding carboxylic acids is 3. The second-order valence-electron chi connectivity index (χ2n) is 7.66. The molecule has 0 aromatic carbocycles. The van der Waals surface area contributed by atoms with Crippen molar-refractivity contribution in [1.82, 2.24) is 25.9 Å². The van der Waals surface area contributed by atoms with E-state index in [4.69, 9.17) is 11.5 Å². The van der Waals surface area contributed by atoms with Gasteiger partial charge in [0.25, 0.3) is 0 Å². The van der Waals surface area contributed by atoms with Crippen LogP contribution in [0.15, 0.2) is 12.5 Å². The van der Waals surface area contributed by atoms with Gasteiger partial charge in [-0.2, -0.15) is 24.4 Å². The molecule has 4 atom stereocenters. The van der Waals surface area contributed by atoms with Crippen LogP contribution in [0.25, 0.3) is 0 Å². The van der Waals surface area contributed by atoms with E-state index in [1.54, 1.807) is 0 Å². The lowest BCUT2D eigenvalue weighted by Crippen LogP contribution is -2.58. The molecule has 1 aromatic rings. The molecule has 0 bridgehead atoms. The first-order valence-electron chi connectivity index (χ1n) is 10.9. The van der Waals surface area contributed by atoms with Gasteiger partial charge in [0, 0.05) is 24.1 Å². The van der Waals surface area contributed by atoms with Gasteiger partial charge in [-0.15, -0.1) is 0 Å². The number of nitrogens with two attached hydrogens (primary N) is 2. The van der Waals surface area contributed by atoms with Gasteiger partial charge >= 0.3 is 5.97 Å². The summed E-state index contributed by atoms with van der Waals surface area (Å²) in [4.78, 5) is 56.4. The first kappa shape index (κ1) is 29.7. The number of imidazole rings is 1. The summed E-state index contributed by atoms with van der Waals surface area (Å²) in [5.41, 5.74) is 11.9. The number of nitrogens with zero attached hydrogens (tertiary/aromatic N) is 1. The summed E-state index contributed by atoms with van der Waals surface area (Å²) < 4.78 is 0. The van der Waals surface area contributed by atoms with Gasteiger partial charge in [-0.1, -0.05) is 6.42 Å². The minimum absolute atomic E-state index is 0.0308. The minimum atomic E-state index is -1.17. The van der Waals surface area contributed by atoms with E-state index < -0.39 is 47.9 Å². The number of hydrogen-bond acceptors (Lipinski definition) is 9. The molecule has 0 saturated carbocycles. The smallest absolute Gasteiger partial charge is 0.326 e. The number of unbranched alkanes of at least 4 members (excludes halogenated alkanes) is 1. The molecule has 12 nitrogen and oxygen atoms in total. The zero-order chi connectivity index (χ0) is 25.5. The minimum Gasteiger partial charge on any atom is -0.480 e. The Morgan fingerprint density at radius 1 is 1.09 bits per heavy atom. The lowest BCUT2D eigenvalue weighted by atomic mass is 10.1. The zero-order valence-corrected chi connectivity index (χ0v) is 20.9. The van der Waals surface area contributed by atoms with Crippen molar-refractivity contribution < 1.29 is 24.3 Å². The normalized spacial score (nSPS) is 14.5. The van der Waals surface area contributed by atoms with Crippen LogP contribution in [0.5, 0.6) is 0 Å². The number of thioether (sulfide) groups is 1. The highest BCUT2D eigenvalue weighted by atomic mass is 32.2. The fourth-order valence-electron chi connectivity index (χ4n) is 2.98. The molecule has 3 amide bonds. The summed E-state index contributed by atoms with van der Waals surface area (Å²) in [5.74, 6) is -2.49. The van der Waals surface area contributed by atoms with Crippen LogP contribution in [0.1, 0.15) is 31.4 Å². The van der Waals surface area contributed by atoms with Crippen molar-refractivity contribution >= 4 is 48.1 Å². The highest BCUT2D eigenvalue weighted by Gasteiger charge is 2.30. The number of carboxylic acids is 1. The fourth-order valence-corrected chi connectivity index (χ4v) is 3.70. The largest absolute Gasteiger partial charge is 0.480 e. The van der Waals surface area contributed by atoms with Gasteiger partial charge in [-0.25, -0.2) is 9.78 Å². The highest BCUT2D eigenvalue weighted by Crippen LogP contribution is 2.05. The lowest BCUT2D eigenvalue weighted by Gasteiger charge is -2.24. The number of hydrogen-bond donors (Lipinski definition) is 8. The SMILES string of the molecule is CSCCC(NC(=O)C(Cc1cnc[nH]1)NC(=O)C(CS)NC(=O)C(N)CCCCN)C(=O)O. The standard InChI is InChI=1S/C20H35N7O5S2/c1-34-7-5-14(20(31)32)25-18(29)15(8-12-9-23-11-24-12)26-19(30)16(10-33)27-17(28)13(22)4-2-3-6-21/h9,11,13-16,33H,2-8,10,21-22H2,1H3,(H,23,24)(H,25,29)(H,26,30)(H,27,28)(H,31,32). The number of aromatic amines is 1. The van der Waals surface area contributed by atoms with E-state index in [-0.39, 0.29) is 18.6 Å². The highest BCUT2D eigenvalue weighted by molar-refractivity contribution is 7.98. The number of rotatable bonds is 17. The molecule has 14 heteroatoms. The molecule has 1 aromatic heterocycles. The number of aliphatic carboxylic acids is 1. The molecule has 0 radical (unpaired) electrons. The average Bonchev–Trinajstić information content (AvgIpc) is 3.32. The van der Waals surface area contributed by atoms with E-state index in [2.05, 4.69) is 38.5 Å². The molecule has 1 heterocycles. The van der Waals surface area contributed by atoms with Crippen LogP contribution in [0.2, 0.25) is 0 Å². The Morgan fingerprint density at radius 2 is 1.74 bits per heavy atom. The van der Waals surface area contributed by atoms with Crippen molar-refractivity contribution in [1.29, 1.82) is 0 Å². The van der Waals surface area contributed by atoms with Gasteiger partial charge in [0.05, 0.1) is 12.4 Å². The Balaban J connectivity index is 2.87. The second kappa shape index (κ2) is 16.4. The lowest BCUT2D eigenvalue weighted by molar-refractivity contribution is -0.142. The van der Waals surface area contributed by atoms with Crippen LogP contribution in [-0.4, -0.2) is 87.2 Å². The molecule has 0 aliphatic heterocycles. The molecule has 192 valence electrons. The monoisotopic (exact) mass is 517 g/mol. The predicted octanol–water partition coefficient (Wildman–Crippen LogP) is -1.37. The molecule has 0 saturated heterocycles. The van der Waals surface area contributed by atoms with Crippen LogP contribution < -0.4 is 27.4 Å². The van der Waals surface area contributed by atoms with E-state index in [0.717, 1.165) is 6.42 Å². The molecule has 1 rings (SSSR count). The number of H-pyrrole nitrogens is 1. The molecule has 4 unspecified atom stereocenters. The van der Waals surface area contributed by atoms with Crippen molar-refractivity contribution in [3.8, 4) is 0 Å². The third kappa shape index (κ3) is 10.8. The van der Waals surface area contributed by atoms with Crippen LogP contribution in [0, 0.1) is 0 Å². The molecule has 0 aliphatic rings. The van der Waals surface area contributed by atoms with Crippen molar-refractivity contribution in [2.75, 3.05) is 24.3 Å². The first-order valence-corrected chi connectivity index (χ1v) is 12.9. The number of carbonyl (C=O) groups is 4. The Bertz CT molecular complexity index is 781. The van der Waals surface area contributed by atoms with Crippen molar-refractivity contribution in [2.45, 2.75) is 56.3 Å². The van der Waals surface area contributed by atoms with Gasteiger partial charge in [0.15, 0.2) is 0 Å². The molecular formula is C20H35N7O5S2. The van der Waals surface area contributed by atoms with Crippen molar-refractivity contribution in [2.24, 2.45) is 11.5 Å². The summed E-state index contributed by atoms with van der Waals surface area (Å²) in [6, 6.07) is -4.06. The summed E-state index contributed by atoms with van der Waals surface area (Å²) in [6.45, 7) is 0.496. The molecule has 9 N–H and O–H groups in total. The van der Waals surface area contributed by atoms with Crippen LogP contribution in [-0.2, 0) is 25.6 Å². The quantitative estimate of drug-likeness (QED) is 0.0905. The number of carboxylic acid groups (broad SMARTS) is 1. The van der Waals surface area contributed by atoms with Crippen LogP contribution in [0.4, 0.5) is 0 Å². The average molecular weight is 518 g/mol. The number of nitrogens with one attached hydrogen (secondary N) is 4. The summed E-state index contributed by atoms with van der Waals surface area (Å²) in [7, 11) is 0. The Morgan fingerprint density at radius 3 is 2.29 bits per heavy atom. The van der Waals surface area contributed by atoms with E-state index in [0.29, 0.717) is 30.8 Å². The van der Waals surface area contributed by atoms with E-state index in [9.17, 15) is 24.3 Å². The van der Waals surface area contributed by atoms with Gasteiger partial charge in [0.1, 0.15) is 18.1 Å². The van der Waals surface area contributed by atoms with Gasteiger partial charge in [-0.3, -0.25) is 14.4 Å². The molecule has 34 heavy (non-hydrogen) atoms. The summed E-state index contributed by atoms with van der Waals surface area (Å²) >= 11 is 5.59. The number of amides is 3. The predicted molar refractivity (Wildman–Crippen MR) is 133 cm³/mol. The van der Waals surface area contributed by atoms with Crippen molar-refractivity contribution in [3.05, 3.63) is 18.2 Å².